The first kappa shape index (κ1) is 23.6. The molecule has 0 N–H and O–H groups in total. The minimum absolute atomic E-state index is 0.0116. The molecule has 38 heavy (non-hydrogen) atoms. The quantitative estimate of drug-likeness (QED) is 0.276. The number of fused-ring (bicyclic) bond motifs is 1. The maximum absolute atomic E-state index is 13.8. The number of nitro groups is 1. The van der Waals surface area contributed by atoms with Gasteiger partial charge < -0.3 is 23.8 Å². The Balaban J connectivity index is 1.28. The summed E-state index contributed by atoms with van der Waals surface area (Å²) in [4.78, 5) is 28.4. The number of hydrogen-bond acceptors (Lipinski definition) is 6. The van der Waals surface area contributed by atoms with E-state index in [2.05, 4.69) is 9.47 Å². The van der Waals surface area contributed by atoms with Crippen molar-refractivity contribution < 1.29 is 19.2 Å². The Hall–Kier alpha value is -4.79. The first-order chi connectivity index (χ1) is 18.5. The highest BCUT2D eigenvalue weighted by Crippen LogP contribution is 2.37. The number of aromatic nitrogens is 1. The van der Waals surface area contributed by atoms with Crippen LogP contribution in [0.15, 0.2) is 78.9 Å². The number of non-ortho nitro benzene ring substituents is 1. The number of hydrogen-bond donors (Lipinski definition) is 0. The molecule has 1 amide bonds. The largest absolute Gasteiger partial charge is 0.454 e. The van der Waals surface area contributed by atoms with E-state index in [4.69, 9.17) is 9.47 Å². The van der Waals surface area contributed by atoms with E-state index >= 15 is 0 Å². The molecule has 2 aliphatic rings. The first-order valence-electron chi connectivity index (χ1n) is 12.5. The normalized spacial score (nSPS) is 14.6. The van der Waals surface area contributed by atoms with Crippen molar-refractivity contribution in [1.82, 2.24) is 9.47 Å². The number of anilines is 1. The highest BCUT2D eigenvalue weighted by Gasteiger charge is 2.27. The fourth-order valence-corrected chi connectivity index (χ4v) is 5.12. The average molecular weight is 511 g/mol. The summed E-state index contributed by atoms with van der Waals surface area (Å²) in [5.41, 5.74) is 5.33. The molecule has 3 heterocycles. The van der Waals surface area contributed by atoms with Crippen LogP contribution in [0.25, 0.3) is 16.9 Å². The predicted octanol–water partition coefficient (Wildman–Crippen LogP) is 5.05. The van der Waals surface area contributed by atoms with Crippen LogP contribution in [0.4, 0.5) is 11.4 Å². The van der Waals surface area contributed by atoms with Gasteiger partial charge in [-0.25, -0.2) is 0 Å². The number of nitro benzene ring substituents is 1. The molecular weight excluding hydrogens is 484 g/mol. The van der Waals surface area contributed by atoms with Crippen LogP contribution in [0.2, 0.25) is 0 Å². The fourth-order valence-electron chi connectivity index (χ4n) is 5.12. The van der Waals surface area contributed by atoms with Gasteiger partial charge in [0.05, 0.1) is 16.2 Å². The Morgan fingerprint density at radius 3 is 2.24 bits per heavy atom. The van der Waals surface area contributed by atoms with Crippen LogP contribution in [0, 0.1) is 17.0 Å². The molecule has 4 aromatic rings. The molecule has 2 aliphatic heterocycles. The number of carbonyl (C=O) groups excluding carboxylic acids is 1. The van der Waals surface area contributed by atoms with Gasteiger partial charge in [-0.1, -0.05) is 30.3 Å². The van der Waals surface area contributed by atoms with Crippen LogP contribution in [0.1, 0.15) is 16.1 Å². The van der Waals surface area contributed by atoms with Crippen LogP contribution < -0.4 is 14.4 Å². The van der Waals surface area contributed by atoms with Crippen LogP contribution in [-0.4, -0.2) is 53.3 Å². The summed E-state index contributed by atoms with van der Waals surface area (Å²) in [5, 5.41) is 11.0. The van der Waals surface area contributed by atoms with Crippen LogP contribution >= 0.6 is 0 Å². The highest BCUT2D eigenvalue weighted by molar-refractivity contribution is 5.97. The van der Waals surface area contributed by atoms with E-state index in [9.17, 15) is 14.9 Å². The second-order valence-corrected chi connectivity index (χ2v) is 9.32. The molecule has 9 heteroatoms. The Bertz CT molecular complexity index is 1510. The van der Waals surface area contributed by atoms with Crippen molar-refractivity contribution in [2.75, 3.05) is 37.9 Å². The van der Waals surface area contributed by atoms with Crippen molar-refractivity contribution >= 4 is 17.3 Å². The molecule has 3 aromatic carbocycles. The van der Waals surface area contributed by atoms with E-state index in [1.165, 1.54) is 12.1 Å². The molecule has 1 fully saturated rings. The smallest absolute Gasteiger partial charge is 0.269 e. The number of carbonyl (C=O) groups is 1. The first-order valence-corrected chi connectivity index (χ1v) is 12.5. The lowest BCUT2D eigenvalue weighted by Gasteiger charge is -2.36. The number of amides is 1. The number of ether oxygens (including phenoxy) is 2. The second-order valence-electron chi connectivity index (χ2n) is 9.32. The summed E-state index contributed by atoms with van der Waals surface area (Å²) in [7, 11) is 0. The molecule has 0 saturated carbocycles. The third-order valence-corrected chi connectivity index (χ3v) is 7.15. The summed E-state index contributed by atoms with van der Waals surface area (Å²) in [6.45, 7) is 4.59. The van der Waals surface area contributed by atoms with Gasteiger partial charge in [0.1, 0.15) is 0 Å². The zero-order valence-electron chi connectivity index (χ0n) is 20.9. The molecule has 0 atom stereocenters. The van der Waals surface area contributed by atoms with Gasteiger partial charge in [0.2, 0.25) is 6.79 Å². The van der Waals surface area contributed by atoms with Crippen LogP contribution in [-0.2, 0) is 0 Å². The van der Waals surface area contributed by atoms with E-state index in [1.54, 1.807) is 12.1 Å². The van der Waals surface area contributed by atoms with Crippen LogP contribution in [0.5, 0.6) is 11.5 Å². The van der Waals surface area contributed by atoms with E-state index < -0.39 is 4.92 Å². The Kier molecular flexibility index (Phi) is 5.95. The minimum Gasteiger partial charge on any atom is -0.454 e. The van der Waals surface area contributed by atoms with Gasteiger partial charge in [-0.2, -0.15) is 0 Å². The lowest BCUT2D eigenvalue weighted by atomic mass is 10.1. The number of nitrogens with zero attached hydrogens (tertiary/aromatic N) is 4. The van der Waals surface area contributed by atoms with Crippen molar-refractivity contribution in [3.63, 3.8) is 0 Å². The summed E-state index contributed by atoms with van der Waals surface area (Å²) in [5.74, 6) is 1.38. The number of piperazine rings is 1. The Morgan fingerprint density at radius 2 is 1.53 bits per heavy atom. The molecule has 0 bridgehead atoms. The summed E-state index contributed by atoms with van der Waals surface area (Å²) < 4.78 is 13.2. The van der Waals surface area contributed by atoms with E-state index in [0.29, 0.717) is 43.2 Å². The molecule has 1 saturated heterocycles. The molecule has 0 spiro atoms. The van der Waals surface area contributed by atoms with Crippen LogP contribution in [0.3, 0.4) is 0 Å². The van der Waals surface area contributed by atoms with E-state index in [0.717, 1.165) is 28.3 Å². The SMILES string of the molecule is Cc1c(C(=O)N2CCN(c3ccc([N+](=O)[O-])cc3)CC2)cc(-c2ccccc2)n1-c1ccc2c(c1)OCO2. The van der Waals surface area contributed by atoms with Gasteiger partial charge in [-0.05, 0) is 42.8 Å². The standard InChI is InChI=1S/C29H26N4O5/c1-20-25(29(34)31-15-13-30(14-16-31)22-7-9-23(10-8-22)33(35)36)18-26(21-5-3-2-4-6-21)32(20)24-11-12-27-28(17-24)38-19-37-27/h2-12,17-18H,13-16,19H2,1H3. The third kappa shape index (κ3) is 4.21. The number of rotatable bonds is 5. The highest BCUT2D eigenvalue weighted by atomic mass is 16.7. The molecule has 9 nitrogen and oxygen atoms in total. The summed E-state index contributed by atoms with van der Waals surface area (Å²) >= 11 is 0. The van der Waals surface area contributed by atoms with Gasteiger partial charge in [-0.3, -0.25) is 14.9 Å². The van der Waals surface area contributed by atoms with Crippen molar-refractivity contribution in [1.29, 1.82) is 0 Å². The third-order valence-electron chi connectivity index (χ3n) is 7.15. The van der Waals surface area contributed by atoms with Crippen molar-refractivity contribution in [2.24, 2.45) is 0 Å². The molecule has 192 valence electrons. The predicted molar refractivity (Wildman–Crippen MR) is 143 cm³/mol. The zero-order valence-corrected chi connectivity index (χ0v) is 20.9. The van der Waals surface area contributed by atoms with E-state index in [-0.39, 0.29) is 18.4 Å². The summed E-state index contributed by atoms with van der Waals surface area (Å²) in [6.07, 6.45) is 0. The molecule has 0 unspecified atom stereocenters. The van der Waals surface area contributed by atoms with Gasteiger partial charge in [0.15, 0.2) is 11.5 Å². The molecule has 0 radical (unpaired) electrons. The Labute approximate surface area is 219 Å². The topological polar surface area (TPSA) is 90.1 Å². The second kappa shape index (κ2) is 9.59. The zero-order chi connectivity index (χ0) is 26.2. The molecular formula is C29H26N4O5. The maximum atomic E-state index is 13.8. The molecule has 6 rings (SSSR count). The lowest BCUT2D eigenvalue weighted by Crippen LogP contribution is -2.48. The number of benzene rings is 3. The van der Waals surface area contributed by atoms with Gasteiger partial charge in [0, 0.05) is 61.4 Å². The summed E-state index contributed by atoms with van der Waals surface area (Å²) in [6, 6.07) is 24.4. The molecule has 1 aromatic heterocycles. The monoisotopic (exact) mass is 510 g/mol. The Morgan fingerprint density at radius 1 is 0.842 bits per heavy atom. The van der Waals surface area contributed by atoms with Gasteiger partial charge in [-0.15, -0.1) is 0 Å². The van der Waals surface area contributed by atoms with Crippen molar-refractivity contribution in [3.05, 3.63) is 100 Å². The maximum Gasteiger partial charge on any atom is 0.269 e. The fraction of sp³-hybridized carbons (Fsp3) is 0.207. The van der Waals surface area contributed by atoms with E-state index in [1.807, 2.05) is 66.4 Å². The van der Waals surface area contributed by atoms with Crippen molar-refractivity contribution in [3.8, 4) is 28.4 Å². The van der Waals surface area contributed by atoms with Crippen molar-refractivity contribution in [2.45, 2.75) is 6.92 Å². The minimum atomic E-state index is -0.401. The van der Waals surface area contributed by atoms with Gasteiger partial charge >= 0.3 is 0 Å². The average Bonchev–Trinajstić information content (AvgIpc) is 3.57. The van der Waals surface area contributed by atoms with Gasteiger partial charge in [0.25, 0.3) is 11.6 Å². The lowest BCUT2D eigenvalue weighted by molar-refractivity contribution is -0.384. The molecule has 0 aliphatic carbocycles.